The molecule has 0 aliphatic rings. The van der Waals surface area contributed by atoms with Crippen LogP contribution in [0.15, 0.2) is 6.33 Å². The van der Waals surface area contributed by atoms with Crippen LogP contribution >= 0.6 is 0 Å². The lowest BCUT2D eigenvalue weighted by Gasteiger charge is -2.10. The summed E-state index contributed by atoms with van der Waals surface area (Å²) in [5.74, 6) is 1.06. The van der Waals surface area contributed by atoms with Crippen molar-refractivity contribution in [2.45, 2.75) is 33.1 Å². The van der Waals surface area contributed by atoms with Gasteiger partial charge < -0.3 is 15.2 Å². The Balaban J connectivity index is 2.33. The van der Waals surface area contributed by atoms with E-state index in [1.54, 1.807) is 0 Å². The highest BCUT2D eigenvalue weighted by molar-refractivity contribution is 5.44. The van der Waals surface area contributed by atoms with Gasteiger partial charge in [-0.15, -0.1) is 0 Å². The van der Waals surface area contributed by atoms with E-state index in [1.165, 1.54) is 6.33 Å². The summed E-state index contributed by atoms with van der Waals surface area (Å²) in [5.41, 5.74) is 6.60. The molecule has 1 aromatic rings. The van der Waals surface area contributed by atoms with Crippen molar-refractivity contribution in [2.24, 2.45) is 0 Å². The van der Waals surface area contributed by atoms with E-state index in [1.807, 2.05) is 6.92 Å². The molecular formula is C12H21N3O2. The Morgan fingerprint density at radius 2 is 2.00 bits per heavy atom. The first-order valence-electron chi connectivity index (χ1n) is 6.09. The molecule has 0 unspecified atom stereocenters. The van der Waals surface area contributed by atoms with Gasteiger partial charge in [0.05, 0.1) is 12.2 Å². The second-order valence-corrected chi connectivity index (χ2v) is 3.71. The maximum Gasteiger partial charge on any atom is 0.221 e. The third-order valence-corrected chi connectivity index (χ3v) is 2.40. The summed E-state index contributed by atoms with van der Waals surface area (Å²) in [5, 5.41) is 0. The van der Waals surface area contributed by atoms with Crippen LogP contribution in [0.5, 0.6) is 5.88 Å². The minimum Gasteiger partial charge on any atom is -0.475 e. The van der Waals surface area contributed by atoms with Crippen LogP contribution in [0.1, 0.15) is 32.3 Å². The summed E-state index contributed by atoms with van der Waals surface area (Å²) in [6.07, 6.45) is 4.41. The normalized spacial score (nSPS) is 10.5. The van der Waals surface area contributed by atoms with E-state index < -0.39 is 0 Å². The van der Waals surface area contributed by atoms with Crippen LogP contribution in [0.3, 0.4) is 0 Å². The van der Waals surface area contributed by atoms with Crippen LogP contribution in [-0.4, -0.2) is 29.8 Å². The van der Waals surface area contributed by atoms with Crippen molar-refractivity contribution >= 4 is 5.82 Å². The van der Waals surface area contributed by atoms with Gasteiger partial charge in [0.1, 0.15) is 18.8 Å². The minimum absolute atomic E-state index is 0.490. The van der Waals surface area contributed by atoms with Gasteiger partial charge in [0.15, 0.2) is 0 Å². The van der Waals surface area contributed by atoms with Crippen molar-refractivity contribution < 1.29 is 9.47 Å². The Morgan fingerprint density at radius 1 is 1.18 bits per heavy atom. The molecule has 0 aliphatic carbocycles. The maximum atomic E-state index is 5.74. The van der Waals surface area contributed by atoms with Gasteiger partial charge in [-0.25, -0.2) is 9.97 Å². The lowest BCUT2D eigenvalue weighted by atomic mass is 10.2. The molecule has 0 aromatic carbocycles. The zero-order valence-corrected chi connectivity index (χ0v) is 10.6. The van der Waals surface area contributed by atoms with Gasteiger partial charge in [0.25, 0.3) is 0 Å². The van der Waals surface area contributed by atoms with Gasteiger partial charge >= 0.3 is 0 Å². The van der Waals surface area contributed by atoms with Crippen LogP contribution in [0.2, 0.25) is 0 Å². The molecule has 0 amide bonds. The maximum absolute atomic E-state index is 5.74. The van der Waals surface area contributed by atoms with Gasteiger partial charge in [0.2, 0.25) is 5.88 Å². The van der Waals surface area contributed by atoms with Crippen LogP contribution < -0.4 is 10.5 Å². The van der Waals surface area contributed by atoms with Crippen molar-refractivity contribution in [2.75, 3.05) is 25.6 Å². The number of anilines is 1. The topological polar surface area (TPSA) is 70.3 Å². The Morgan fingerprint density at radius 3 is 2.71 bits per heavy atom. The number of rotatable bonds is 8. The van der Waals surface area contributed by atoms with Gasteiger partial charge in [0, 0.05) is 6.61 Å². The largest absolute Gasteiger partial charge is 0.475 e. The van der Waals surface area contributed by atoms with Crippen molar-refractivity contribution in [3.8, 4) is 5.88 Å². The molecule has 2 N–H and O–H groups in total. The number of aromatic nitrogens is 2. The molecule has 0 aliphatic heterocycles. The fourth-order valence-corrected chi connectivity index (χ4v) is 1.41. The fourth-order valence-electron chi connectivity index (χ4n) is 1.41. The van der Waals surface area contributed by atoms with Gasteiger partial charge in [-0.1, -0.05) is 20.3 Å². The SMILES string of the molecule is CCCCOCCOc1ncnc(N)c1CC. The second-order valence-electron chi connectivity index (χ2n) is 3.71. The molecule has 0 spiro atoms. The van der Waals surface area contributed by atoms with Crippen LogP contribution in [0.4, 0.5) is 5.82 Å². The molecule has 0 bridgehead atoms. The lowest BCUT2D eigenvalue weighted by molar-refractivity contribution is 0.0961. The van der Waals surface area contributed by atoms with Crippen molar-refractivity contribution in [3.05, 3.63) is 11.9 Å². The number of nitrogens with zero attached hydrogens (tertiary/aromatic N) is 2. The van der Waals surface area contributed by atoms with Crippen molar-refractivity contribution in [3.63, 3.8) is 0 Å². The Kier molecular flexibility index (Phi) is 6.32. The first-order chi connectivity index (χ1) is 8.29. The number of nitrogens with two attached hydrogens (primary N) is 1. The highest BCUT2D eigenvalue weighted by Crippen LogP contribution is 2.19. The fraction of sp³-hybridized carbons (Fsp3) is 0.667. The molecule has 5 heteroatoms. The Bertz CT molecular complexity index is 332. The molecule has 0 radical (unpaired) electrons. The van der Waals surface area contributed by atoms with Crippen LogP contribution in [0.25, 0.3) is 0 Å². The zero-order chi connectivity index (χ0) is 12.5. The third kappa shape index (κ3) is 4.56. The molecular weight excluding hydrogens is 218 g/mol. The van der Waals surface area contributed by atoms with Gasteiger partial charge in [-0.3, -0.25) is 0 Å². The molecule has 1 heterocycles. The highest BCUT2D eigenvalue weighted by Gasteiger charge is 2.07. The van der Waals surface area contributed by atoms with E-state index in [0.29, 0.717) is 24.9 Å². The average Bonchev–Trinajstić information content (AvgIpc) is 2.34. The van der Waals surface area contributed by atoms with E-state index in [-0.39, 0.29) is 0 Å². The predicted octanol–water partition coefficient (Wildman–Crippen LogP) is 1.82. The molecule has 0 fully saturated rings. The predicted molar refractivity (Wildman–Crippen MR) is 67.0 cm³/mol. The number of hydrogen-bond donors (Lipinski definition) is 1. The number of hydrogen-bond acceptors (Lipinski definition) is 5. The summed E-state index contributed by atoms with van der Waals surface area (Å²) in [6, 6.07) is 0. The summed E-state index contributed by atoms with van der Waals surface area (Å²) in [4.78, 5) is 8.01. The molecule has 0 saturated heterocycles. The van der Waals surface area contributed by atoms with E-state index in [4.69, 9.17) is 15.2 Å². The Labute approximate surface area is 102 Å². The molecule has 17 heavy (non-hydrogen) atoms. The number of ether oxygens (including phenoxy) is 2. The third-order valence-electron chi connectivity index (χ3n) is 2.40. The Hall–Kier alpha value is -1.36. The van der Waals surface area contributed by atoms with E-state index in [2.05, 4.69) is 16.9 Å². The van der Waals surface area contributed by atoms with E-state index in [0.717, 1.165) is 31.4 Å². The highest BCUT2D eigenvalue weighted by atomic mass is 16.5. The van der Waals surface area contributed by atoms with Gasteiger partial charge in [-0.05, 0) is 12.8 Å². The summed E-state index contributed by atoms with van der Waals surface area (Å²) in [7, 11) is 0. The second kappa shape index (κ2) is 7.84. The minimum atomic E-state index is 0.490. The molecule has 1 rings (SSSR count). The molecule has 0 saturated carbocycles. The average molecular weight is 239 g/mol. The first kappa shape index (κ1) is 13.7. The summed E-state index contributed by atoms with van der Waals surface area (Å²) in [6.45, 7) is 5.99. The standard InChI is InChI=1S/C12H21N3O2/c1-3-5-6-16-7-8-17-12-10(4-2)11(13)14-9-15-12/h9H,3-8H2,1-2H3,(H2,13,14,15). The number of nitrogen functional groups attached to an aromatic ring is 1. The lowest BCUT2D eigenvalue weighted by Crippen LogP contribution is -2.10. The zero-order valence-electron chi connectivity index (χ0n) is 10.6. The smallest absolute Gasteiger partial charge is 0.221 e. The quantitative estimate of drug-likeness (QED) is 0.701. The van der Waals surface area contributed by atoms with E-state index in [9.17, 15) is 0 Å². The molecule has 1 aromatic heterocycles. The molecule has 96 valence electrons. The van der Waals surface area contributed by atoms with Crippen LogP contribution in [0, 0.1) is 0 Å². The van der Waals surface area contributed by atoms with Crippen LogP contribution in [-0.2, 0) is 11.2 Å². The first-order valence-corrected chi connectivity index (χ1v) is 6.09. The molecule has 5 nitrogen and oxygen atoms in total. The van der Waals surface area contributed by atoms with E-state index >= 15 is 0 Å². The molecule has 0 atom stereocenters. The van der Waals surface area contributed by atoms with Crippen molar-refractivity contribution in [1.82, 2.24) is 9.97 Å². The summed E-state index contributed by atoms with van der Waals surface area (Å²) >= 11 is 0. The van der Waals surface area contributed by atoms with Crippen molar-refractivity contribution in [1.29, 1.82) is 0 Å². The monoisotopic (exact) mass is 239 g/mol. The summed E-state index contributed by atoms with van der Waals surface area (Å²) < 4.78 is 10.9. The van der Waals surface area contributed by atoms with Gasteiger partial charge in [-0.2, -0.15) is 0 Å². The number of unbranched alkanes of at least 4 members (excludes halogenated alkanes) is 1.